The molecule has 33 heavy (non-hydrogen) atoms. The van der Waals surface area contributed by atoms with Gasteiger partial charge in [0.1, 0.15) is 12.6 Å². The average Bonchev–Trinajstić information content (AvgIpc) is 3.13. The van der Waals surface area contributed by atoms with Crippen LogP contribution in [0.25, 0.3) is 11.1 Å². The number of carboxylic acids is 1. The first-order valence-corrected chi connectivity index (χ1v) is 11.1. The second-order valence-electron chi connectivity index (χ2n) is 7.69. The first-order valence-electron chi connectivity index (χ1n) is 10.3. The van der Waals surface area contributed by atoms with Gasteiger partial charge in [-0.1, -0.05) is 48.5 Å². The first-order chi connectivity index (χ1) is 15.9. The Morgan fingerprint density at radius 1 is 1.06 bits per heavy atom. The van der Waals surface area contributed by atoms with Crippen LogP contribution in [0.5, 0.6) is 11.5 Å². The summed E-state index contributed by atoms with van der Waals surface area (Å²) in [5.74, 6) is -1.21. The molecule has 1 atom stereocenters. The predicted molar refractivity (Wildman–Crippen MR) is 126 cm³/mol. The smallest absolute Gasteiger partial charge is 0.407 e. The number of hydrogen-bond donors (Lipinski definition) is 3. The molecule has 8 heteroatoms. The van der Waals surface area contributed by atoms with E-state index in [0.717, 1.165) is 22.3 Å². The van der Waals surface area contributed by atoms with Gasteiger partial charge in [-0.2, -0.15) is 0 Å². The summed E-state index contributed by atoms with van der Waals surface area (Å²) in [6.07, 6.45) is -0.830. The summed E-state index contributed by atoms with van der Waals surface area (Å²) < 4.78 is 10.9. The number of phenolic OH excluding ortho intramolecular Hbond substituents is 1. The van der Waals surface area contributed by atoms with Gasteiger partial charge in [-0.25, -0.2) is 9.59 Å². The third-order valence-electron chi connectivity index (χ3n) is 5.68. The van der Waals surface area contributed by atoms with Crippen molar-refractivity contribution in [1.29, 1.82) is 0 Å². The highest BCUT2D eigenvalue weighted by molar-refractivity contribution is 9.10. The number of carbonyl (C=O) groups is 2. The molecule has 170 valence electrons. The zero-order valence-electron chi connectivity index (χ0n) is 17.7. The molecule has 1 unspecified atom stereocenters. The standard InChI is InChI=1S/C25H22BrNO6/c1-32-22-12-14(10-20(26)23(22)28)11-21(24(29)30)27-25(31)33-13-19-17-8-4-2-6-15(17)16-7-3-5-9-18(16)19/h2-10,12,19,21,28H,11,13H2,1H3,(H,27,31)(H,29,30). The number of alkyl carbamates (subject to hydrolysis) is 1. The molecule has 0 radical (unpaired) electrons. The maximum atomic E-state index is 12.5. The van der Waals surface area contributed by atoms with Crippen LogP contribution < -0.4 is 10.1 Å². The number of fused-ring (bicyclic) bond motifs is 3. The molecule has 0 spiro atoms. The van der Waals surface area contributed by atoms with Gasteiger partial charge in [0, 0.05) is 12.3 Å². The van der Waals surface area contributed by atoms with Crippen molar-refractivity contribution >= 4 is 28.0 Å². The Kier molecular flexibility index (Phi) is 6.55. The molecule has 0 saturated heterocycles. The van der Waals surface area contributed by atoms with E-state index in [1.807, 2.05) is 48.5 Å². The van der Waals surface area contributed by atoms with Gasteiger partial charge in [0.25, 0.3) is 0 Å². The molecular weight excluding hydrogens is 490 g/mol. The number of nitrogens with one attached hydrogen (secondary N) is 1. The molecule has 3 N–H and O–H groups in total. The molecule has 0 aliphatic heterocycles. The molecule has 0 fully saturated rings. The van der Waals surface area contributed by atoms with Crippen LogP contribution >= 0.6 is 15.9 Å². The summed E-state index contributed by atoms with van der Waals surface area (Å²) in [6, 6.07) is 17.8. The number of carboxylic acid groups (broad SMARTS) is 1. The third-order valence-corrected chi connectivity index (χ3v) is 6.29. The quantitative estimate of drug-likeness (QED) is 0.424. The summed E-state index contributed by atoms with van der Waals surface area (Å²) in [6.45, 7) is 0.0881. The topological polar surface area (TPSA) is 105 Å². The van der Waals surface area contributed by atoms with E-state index in [1.165, 1.54) is 13.2 Å². The number of aromatic hydroxyl groups is 1. The van der Waals surface area contributed by atoms with Crippen LogP contribution in [0.3, 0.4) is 0 Å². The van der Waals surface area contributed by atoms with Crippen molar-refractivity contribution in [2.75, 3.05) is 13.7 Å². The Balaban J connectivity index is 1.45. The van der Waals surface area contributed by atoms with Crippen LogP contribution in [-0.4, -0.2) is 42.0 Å². The molecular formula is C25H22BrNO6. The van der Waals surface area contributed by atoms with Crippen molar-refractivity contribution in [1.82, 2.24) is 5.32 Å². The Morgan fingerprint density at radius 3 is 2.24 bits per heavy atom. The lowest BCUT2D eigenvalue weighted by molar-refractivity contribution is -0.139. The predicted octanol–water partition coefficient (Wildman–Crippen LogP) is 4.70. The molecule has 3 aromatic rings. The molecule has 0 bridgehead atoms. The van der Waals surface area contributed by atoms with Crippen LogP contribution in [0.15, 0.2) is 65.1 Å². The minimum atomic E-state index is -1.22. The summed E-state index contributed by atoms with van der Waals surface area (Å²) in [5, 5.41) is 22.0. The van der Waals surface area contributed by atoms with Gasteiger partial charge in [0.05, 0.1) is 11.6 Å². The Labute approximate surface area is 199 Å². The maximum absolute atomic E-state index is 12.5. The van der Waals surface area contributed by atoms with Crippen molar-refractivity contribution in [2.24, 2.45) is 0 Å². The fourth-order valence-electron chi connectivity index (χ4n) is 4.12. The van der Waals surface area contributed by atoms with Crippen LogP contribution in [0.2, 0.25) is 0 Å². The van der Waals surface area contributed by atoms with E-state index >= 15 is 0 Å². The fraction of sp³-hybridized carbons (Fsp3) is 0.200. The Hall–Kier alpha value is -3.52. The SMILES string of the molecule is COc1cc(CC(NC(=O)OCC2c3ccccc3-c3ccccc32)C(=O)O)cc(Br)c1O. The molecule has 1 aliphatic rings. The first kappa shape index (κ1) is 22.7. The lowest BCUT2D eigenvalue weighted by atomic mass is 9.98. The lowest BCUT2D eigenvalue weighted by Crippen LogP contribution is -2.42. The number of hydrogen-bond acceptors (Lipinski definition) is 5. The molecule has 0 aromatic heterocycles. The Bertz CT molecular complexity index is 1170. The minimum absolute atomic E-state index is 0.0191. The van der Waals surface area contributed by atoms with E-state index in [1.54, 1.807) is 6.07 Å². The van der Waals surface area contributed by atoms with Crippen molar-refractivity contribution in [3.63, 3.8) is 0 Å². The van der Waals surface area contributed by atoms with Crippen LogP contribution in [0.4, 0.5) is 4.79 Å². The molecule has 1 aliphatic carbocycles. The number of ether oxygens (including phenoxy) is 2. The molecule has 4 rings (SSSR count). The van der Waals surface area contributed by atoms with Gasteiger partial charge in [-0.15, -0.1) is 0 Å². The number of phenols is 1. The summed E-state index contributed by atoms with van der Waals surface area (Å²) in [5.41, 5.74) is 4.92. The number of carbonyl (C=O) groups excluding carboxylic acids is 1. The average molecular weight is 512 g/mol. The van der Waals surface area contributed by atoms with Gasteiger partial charge in [-0.3, -0.25) is 0 Å². The summed E-state index contributed by atoms with van der Waals surface area (Å²) >= 11 is 3.22. The number of methoxy groups -OCH3 is 1. The molecule has 3 aromatic carbocycles. The Morgan fingerprint density at radius 2 is 1.67 bits per heavy atom. The minimum Gasteiger partial charge on any atom is -0.503 e. The van der Waals surface area contributed by atoms with E-state index in [9.17, 15) is 19.8 Å². The molecule has 0 saturated carbocycles. The maximum Gasteiger partial charge on any atom is 0.407 e. The van der Waals surface area contributed by atoms with Crippen molar-refractivity contribution in [2.45, 2.75) is 18.4 Å². The highest BCUT2D eigenvalue weighted by Crippen LogP contribution is 2.44. The zero-order chi connectivity index (χ0) is 23.5. The summed E-state index contributed by atoms with van der Waals surface area (Å²) in [7, 11) is 1.40. The van der Waals surface area contributed by atoms with Crippen molar-refractivity contribution in [3.8, 4) is 22.6 Å². The monoisotopic (exact) mass is 511 g/mol. The highest BCUT2D eigenvalue weighted by atomic mass is 79.9. The molecule has 1 amide bonds. The van der Waals surface area contributed by atoms with Gasteiger partial charge < -0.3 is 25.0 Å². The second-order valence-corrected chi connectivity index (χ2v) is 8.55. The normalized spacial score (nSPS) is 13.0. The van der Waals surface area contributed by atoms with E-state index in [-0.39, 0.29) is 30.4 Å². The van der Waals surface area contributed by atoms with Crippen molar-refractivity contribution in [3.05, 3.63) is 81.8 Å². The van der Waals surface area contributed by atoms with Gasteiger partial charge in [0.2, 0.25) is 0 Å². The second kappa shape index (κ2) is 9.54. The van der Waals surface area contributed by atoms with Crippen LogP contribution in [0.1, 0.15) is 22.6 Å². The number of amides is 1. The van der Waals surface area contributed by atoms with Crippen LogP contribution in [0, 0.1) is 0 Å². The van der Waals surface area contributed by atoms with E-state index in [4.69, 9.17) is 9.47 Å². The number of benzene rings is 3. The molecule has 7 nitrogen and oxygen atoms in total. The highest BCUT2D eigenvalue weighted by Gasteiger charge is 2.30. The number of aliphatic carboxylic acids is 1. The fourth-order valence-corrected chi connectivity index (χ4v) is 4.61. The van der Waals surface area contributed by atoms with Crippen LogP contribution in [-0.2, 0) is 16.0 Å². The lowest BCUT2D eigenvalue weighted by Gasteiger charge is -2.18. The van der Waals surface area contributed by atoms with E-state index in [0.29, 0.717) is 10.0 Å². The van der Waals surface area contributed by atoms with E-state index in [2.05, 4.69) is 21.2 Å². The molecule has 0 heterocycles. The van der Waals surface area contributed by atoms with Crippen molar-refractivity contribution < 1.29 is 29.3 Å². The largest absolute Gasteiger partial charge is 0.503 e. The number of rotatable bonds is 7. The van der Waals surface area contributed by atoms with Gasteiger partial charge >= 0.3 is 12.1 Å². The summed E-state index contributed by atoms with van der Waals surface area (Å²) in [4.78, 5) is 24.3. The van der Waals surface area contributed by atoms with E-state index < -0.39 is 18.1 Å². The van der Waals surface area contributed by atoms with Gasteiger partial charge in [-0.05, 0) is 55.9 Å². The third kappa shape index (κ3) is 4.66. The van der Waals surface area contributed by atoms with Gasteiger partial charge in [0.15, 0.2) is 11.5 Å². The zero-order valence-corrected chi connectivity index (χ0v) is 19.3. The number of halogens is 1.